The topological polar surface area (TPSA) is 125 Å². The number of imidazole rings is 1. The van der Waals surface area contributed by atoms with Gasteiger partial charge in [0, 0.05) is 41.2 Å². The maximum absolute atomic E-state index is 12.9. The summed E-state index contributed by atoms with van der Waals surface area (Å²) in [6.45, 7) is 3.94. The second-order valence-corrected chi connectivity index (χ2v) is 10.1. The molecule has 0 bridgehead atoms. The van der Waals surface area contributed by atoms with Gasteiger partial charge in [-0.05, 0) is 67.1 Å². The summed E-state index contributed by atoms with van der Waals surface area (Å²) < 4.78 is 44.1. The number of hydrogen-bond donors (Lipinski definition) is 3. The van der Waals surface area contributed by atoms with E-state index in [0.29, 0.717) is 77.2 Å². The molecule has 1 fully saturated rings. The van der Waals surface area contributed by atoms with E-state index in [9.17, 15) is 22.8 Å². The van der Waals surface area contributed by atoms with Crippen LogP contribution in [0.3, 0.4) is 0 Å². The molecule has 0 radical (unpaired) electrons. The zero-order chi connectivity index (χ0) is 30.8. The van der Waals surface area contributed by atoms with E-state index in [2.05, 4.69) is 25.6 Å². The van der Waals surface area contributed by atoms with Gasteiger partial charge in [0.2, 0.25) is 0 Å². The van der Waals surface area contributed by atoms with Crippen molar-refractivity contribution in [1.29, 1.82) is 0 Å². The molecule has 0 aliphatic carbocycles. The van der Waals surface area contributed by atoms with Gasteiger partial charge in [-0.2, -0.15) is 13.2 Å². The molecule has 1 aliphatic heterocycles. The van der Waals surface area contributed by atoms with Crippen molar-refractivity contribution in [2.24, 2.45) is 0 Å². The van der Waals surface area contributed by atoms with Gasteiger partial charge in [-0.3, -0.25) is 9.59 Å². The normalized spacial score (nSPS) is 13.6. The van der Waals surface area contributed by atoms with Crippen LogP contribution in [0.25, 0.3) is 22.6 Å². The van der Waals surface area contributed by atoms with Crippen molar-refractivity contribution in [3.8, 4) is 11.4 Å². The van der Waals surface area contributed by atoms with Crippen LogP contribution in [0.5, 0.6) is 0 Å². The molecule has 0 spiro atoms. The zero-order valence-electron chi connectivity index (χ0n) is 23.4. The lowest BCUT2D eigenvalue weighted by molar-refractivity contribution is -0.137. The van der Waals surface area contributed by atoms with Gasteiger partial charge in [0.05, 0.1) is 25.1 Å². The molecule has 10 nitrogen and oxygen atoms in total. The van der Waals surface area contributed by atoms with Crippen molar-refractivity contribution in [3.05, 3.63) is 95.3 Å². The van der Waals surface area contributed by atoms with Gasteiger partial charge in [-0.1, -0.05) is 12.1 Å². The van der Waals surface area contributed by atoms with Crippen molar-refractivity contribution in [3.63, 3.8) is 0 Å². The van der Waals surface area contributed by atoms with Crippen molar-refractivity contribution in [2.75, 3.05) is 36.9 Å². The highest BCUT2D eigenvalue weighted by atomic mass is 19.4. The van der Waals surface area contributed by atoms with E-state index in [-0.39, 0.29) is 11.5 Å². The first kappa shape index (κ1) is 28.8. The molecular formula is C31H26F3N7O3. The van der Waals surface area contributed by atoms with Gasteiger partial charge in [0.1, 0.15) is 5.52 Å². The predicted octanol–water partition coefficient (Wildman–Crippen LogP) is 5.82. The van der Waals surface area contributed by atoms with Crippen molar-refractivity contribution >= 4 is 40.2 Å². The number of carbonyl (C=O) groups is 2. The van der Waals surface area contributed by atoms with Gasteiger partial charge < -0.3 is 25.3 Å². The Bertz CT molecular complexity index is 1830. The minimum Gasteiger partial charge on any atom is -0.378 e. The summed E-state index contributed by atoms with van der Waals surface area (Å²) in [6.07, 6.45) is -2.99. The molecule has 3 heterocycles. The van der Waals surface area contributed by atoms with Crippen LogP contribution in [0, 0.1) is 6.92 Å². The van der Waals surface area contributed by atoms with Gasteiger partial charge in [-0.25, -0.2) is 15.0 Å². The Morgan fingerprint density at radius 2 is 1.64 bits per heavy atom. The molecule has 1 aliphatic rings. The number of halogens is 3. The lowest BCUT2D eigenvalue weighted by Gasteiger charge is -2.26. The average Bonchev–Trinajstić information content (AvgIpc) is 3.51. The summed E-state index contributed by atoms with van der Waals surface area (Å²) in [5, 5.41) is 6.04. The van der Waals surface area contributed by atoms with Crippen LogP contribution in [0.15, 0.2) is 73.1 Å². The van der Waals surface area contributed by atoms with Crippen molar-refractivity contribution in [2.45, 2.75) is 13.1 Å². The number of H-pyrrole nitrogens is 1. The van der Waals surface area contributed by atoms with Crippen LogP contribution in [0.2, 0.25) is 0 Å². The molecule has 0 saturated carbocycles. The maximum Gasteiger partial charge on any atom is 0.416 e. The molecule has 0 unspecified atom stereocenters. The fourth-order valence-corrected chi connectivity index (χ4v) is 4.84. The maximum atomic E-state index is 12.9. The third-order valence-corrected chi connectivity index (χ3v) is 7.28. The van der Waals surface area contributed by atoms with Gasteiger partial charge in [-0.15, -0.1) is 0 Å². The van der Waals surface area contributed by atoms with E-state index in [1.807, 2.05) is 0 Å². The number of aromatic amines is 1. The number of aromatic nitrogens is 4. The summed E-state index contributed by atoms with van der Waals surface area (Å²) in [5.74, 6) is 0.184. The standard InChI is InChI=1S/C31H26F3N7O3/c1-18-23(3-2-4-24(18)38-29(42)19-5-9-21(10-6-19)31(32,33)34)26-39-27-25(35-17-36-27)28(40-26)37-22-11-7-20(8-12-22)30(43)41-13-15-44-16-14-41/h2-12,17H,13-16H2,1H3,(H,38,42)(H2,35,36,37,39,40). The van der Waals surface area contributed by atoms with Crippen LogP contribution < -0.4 is 10.6 Å². The predicted molar refractivity (Wildman–Crippen MR) is 158 cm³/mol. The fraction of sp³-hybridized carbons (Fsp3) is 0.194. The van der Waals surface area contributed by atoms with E-state index in [1.54, 1.807) is 54.3 Å². The number of benzene rings is 3. The summed E-state index contributed by atoms with van der Waals surface area (Å²) in [7, 11) is 0. The summed E-state index contributed by atoms with van der Waals surface area (Å²) in [5.41, 5.74) is 3.22. The lowest BCUT2D eigenvalue weighted by atomic mass is 10.1. The summed E-state index contributed by atoms with van der Waals surface area (Å²) in [4.78, 5) is 44.1. The molecule has 2 aromatic heterocycles. The molecule has 3 aromatic carbocycles. The first-order chi connectivity index (χ1) is 21.2. The fourth-order valence-electron chi connectivity index (χ4n) is 4.84. The minimum absolute atomic E-state index is 0.0547. The van der Waals surface area contributed by atoms with Crippen molar-refractivity contribution in [1.82, 2.24) is 24.8 Å². The van der Waals surface area contributed by atoms with Gasteiger partial charge >= 0.3 is 6.18 Å². The monoisotopic (exact) mass is 601 g/mol. The molecule has 13 heteroatoms. The Morgan fingerprint density at radius 3 is 2.34 bits per heavy atom. The van der Waals surface area contributed by atoms with Gasteiger partial charge in [0.15, 0.2) is 17.3 Å². The molecule has 6 rings (SSSR count). The van der Waals surface area contributed by atoms with Crippen LogP contribution in [0.1, 0.15) is 31.8 Å². The smallest absolute Gasteiger partial charge is 0.378 e. The lowest BCUT2D eigenvalue weighted by Crippen LogP contribution is -2.40. The first-order valence-corrected chi connectivity index (χ1v) is 13.7. The van der Waals surface area contributed by atoms with E-state index < -0.39 is 17.6 Å². The van der Waals surface area contributed by atoms with Crippen LogP contribution in [0.4, 0.5) is 30.4 Å². The zero-order valence-corrected chi connectivity index (χ0v) is 23.4. The third kappa shape index (κ3) is 5.95. The number of fused-ring (bicyclic) bond motifs is 1. The molecule has 224 valence electrons. The first-order valence-electron chi connectivity index (χ1n) is 13.7. The molecular weight excluding hydrogens is 575 g/mol. The number of hydrogen-bond acceptors (Lipinski definition) is 7. The van der Waals surface area contributed by atoms with Crippen LogP contribution in [-0.4, -0.2) is 63.0 Å². The number of ether oxygens (including phenoxy) is 1. The Hall–Kier alpha value is -5.30. The minimum atomic E-state index is -4.49. The number of anilines is 3. The number of rotatable bonds is 6. The molecule has 2 amide bonds. The molecule has 5 aromatic rings. The molecule has 0 atom stereocenters. The second-order valence-electron chi connectivity index (χ2n) is 10.1. The number of nitrogens with zero attached hydrogens (tertiary/aromatic N) is 4. The van der Waals surface area contributed by atoms with Crippen LogP contribution in [-0.2, 0) is 10.9 Å². The largest absolute Gasteiger partial charge is 0.416 e. The quantitative estimate of drug-likeness (QED) is 0.224. The Kier molecular flexibility index (Phi) is 7.70. The SMILES string of the molecule is Cc1c(NC(=O)c2ccc(C(F)(F)F)cc2)cccc1-c1nc(Nc2ccc(C(=O)N3CCOCC3)cc2)c2[nH]cnc2n1. The second kappa shape index (κ2) is 11.8. The highest BCUT2D eigenvalue weighted by Gasteiger charge is 2.30. The van der Waals surface area contributed by atoms with Crippen LogP contribution >= 0.6 is 0 Å². The van der Waals surface area contributed by atoms with E-state index >= 15 is 0 Å². The van der Waals surface area contributed by atoms with Crippen molar-refractivity contribution < 1.29 is 27.5 Å². The number of alkyl halides is 3. The van der Waals surface area contributed by atoms with E-state index in [0.717, 1.165) is 24.3 Å². The summed E-state index contributed by atoms with van der Waals surface area (Å²) >= 11 is 0. The van der Waals surface area contributed by atoms with E-state index in [1.165, 1.54) is 6.33 Å². The van der Waals surface area contributed by atoms with E-state index in [4.69, 9.17) is 9.72 Å². The number of nitrogens with one attached hydrogen (secondary N) is 3. The highest BCUT2D eigenvalue weighted by Crippen LogP contribution is 2.32. The molecule has 3 N–H and O–H groups in total. The Labute approximate surface area is 249 Å². The Morgan fingerprint density at radius 1 is 0.932 bits per heavy atom. The number of amides is 2. The number of morpholine rings is 1. The highest BCUT2D eigenvalue weighted by molar-refractivity contribution is 6.05. The molecule has 1 saturated heterocycles. The summed E-state index contributed by atoms with van der Waals surface area (Å²) in [6, 6.07) is 16.3. The number of carbonyl (C=O) groups excluding carboxylic acids is 2. The average molecular weight is 602 g/mol. The molecule has 44 heavy (non-hydrogen) atoms. The third-order valence-electron chi connectivity index (χ3n) is 7.28. The van der Waals surface area contributed by atoms with Gasteiger partial charge in [0.25, 0.3) is 11.8 Å². The Balaban J connectivity index is 1.24.